The lowest BCUT2D eigenvalue weighted by Crippen LogP contribution is -2.22. The molecule has 0 fully saturated rings. The van der Waals surface area contributed by atoms with Crippen molar-refractivity contribution >= 4 is 11.8 Å². The molecule has 1 aromatic rings. The van der Waals surface area contributed by atoms with E-state index in [0.29, 0.717) is 0 Å². The molecule has 1 aromatic heterocycles. The summed E-state index contributed by atoms with van der Waals surface area (Å²) < 4.78 is 0.219. The van der Waals surface area contributed by atoms with Crippen molar-refractivity contribution in [3.63, 3.8) is 0 Å². The van der Waals surface area contributed by atoms with E-state index >= 15 is 0 Å². The third kappa shape index (κ3) is 0.859. The molecule has 6 heteroatoms. The molecule has 0 spiro atoms. The van der Waals surface area contributed by atoms with Crippen LogP contribution in [0.15, 0.2) is 10.9 Å². The molecular formula is C4H6N4O2. The molecule has 5 N–H and O–H groups in total. The van der Waals surface area contributed by atoms with Gasteiger partial charge in [0.2, 0.25) is 5.95 Å². The minimum Gasteiger partial charge on any atom is -0.422 e. The second kappa shape index (κ2) is 1.90. The van der Waals surface area contributed by atoms with Crippen molar-refractivity contribution in [1.82, 2.24) is 9.71 Å². The van der Waals surface area contributed by atoms with Crippen LogP contribution in [0.5, 0.6) is 0 Å². The maximum Gasteiger partial charge on any atom is 0.289 e. The van der Waals surface area contributed by atoms with Crippen LogP contribution >= 0.6 is 0 Å². The molecule has 0 aromatic carbocycles. The highest BCUT2D eigenvalue weighted by Crippen LogP contribution is 1.93. The maximum atomic E-state index is 10.6. The lowest BCUT2D eigenvalue weighted by Gasteiger charge is -1.98. The van der Waals surface area contributed by atoms with Gasteiger partial charge in [0.15, 0.2) is 0 Å². The Bertz CT molecular complexity index is 305. The van der Waals surface area contributed by atoms with Crippen molar-refractivity contribution in [1.29, 1.82) is 0 Å². The number of hydrogen-bond donors (Lipinski definition) is 3. The fourth-order valence-corrected chi connectivity index (χ4v) is 0.512. The van der Waals surface area contributed by atoms with E-state index in [0.717, 1.165) is 6.07 Å². The highest BCUT2D eigenvalue weighted by Gasteiger charge is 1.99. The van der Waals surface area contributed by atoms with Crippen LogP contribution in [0.25, 0.3) is 0 Å². The predicted octanol–water partition coefficient (Wildman–Crippen LogP) is -1.36. The molecule has 10 heavy (non-hydrogen) atoms. The number of rotatable bonds is 0. The number of nitrogen functional groups attached to an aromatic ring is 2. The standard InChI is InChI=1S/C4H6N4O2/c5-2-1-3(9)8(10)4(6)7-2/h1,10H,5H2,(H2,6,7). The van der Waals surface area contributed by atoms with Crippen molar-refractivity contribution in [2.45, 2.75) is 0 Å². The summed E-state index contributed by atoms with van der Waals surface area (Å²) in [6.45, 7) is 0. The zero-order valence-corrected chi connectivity index (χ0v) is 4.98. The summed E-state index contributed by atoms with van der Waals surface area (Å²) in [6.07, 6.45) is 0. The number of anilines is 2. The van der Waals surface area contributed by atoms with Crippen LogP contribution in [-0.2, 0) is 0 Å². The SMILES string of the molecule is Nc1cc(=O)n(O)c(N)n1. The monoisotopic (exact) mass is 142 g/mol. The molecule has 0 saturated heterocycles. The Kier molecular flexibility index (Phi) is 1.22. The fraction of sp³-hybridized carbons (Fsp3) is 0. The van der Waals surface area contributed by atoms with Gasteiger partial charge >= 0.3 is 0 Å². The van der Waals surface area contributed by atoms with E-state index in [2.05, 4.69) is 4.98 Å². The number of aromatic nitrogens is 2. The van der Waals surface area contributed by atoms with E-state index in [-0.39, 0.29) is 16.5 Å². The smallest absolute Gasteiger partial charge is 0.289 e. The molecule has 54 valence electrons. The summed E-state index contributed by atoms with van der Waals surface area (Å²) in [6, 6.07) is 0.969. The van der Waals surface area contributed by atoms with Gasteiger partial charge in [-0.2, -0.15) is 4.98 Å². The lowest BCUT2D eigenvalue weighted by molar-refractivity contribution is 0.178. The normalized spacial score (nSPS) is 9.60. The zero-order chi connectivity index (χ0) is 7.72. The van der Waals surface area contributed by atoms with Crippen LogP contribution in [0.4, 0.5) is 11.8 Å². The van der Waals surface area contributed by atoms with Crippen LogP contribution in [0.1, 0.15) is 0 Å². The van der Waals surface area contributed by atoms with Crippen molar-refractivity contribution in [2.24, 2.45) is 0 Å². The van der Waals surface area contributed by atoms with E-state index in [9.17, 15) is 4.79 Å². The third-order valence-electron chi connectivity index (χ3n) is 0.941. The van der Waals surface area contributed by atoms with E-state index in [1.165, 1.54) is 0 Å². The van der Waals surface area contributed by atoms with E-state index in [4.69, 9.17) is 16.7 Å². The fourth-order valence-electron chi connectivity index (χ4n) is 0.512. The van der Waals surface area contributed by atoms with Gasteiger partial charge < -0.3 is 16.7 Å². The molecule has 0 amide bonds. The summed E-state index contributed by atoms with van der Waals surface area (Å²) in [5.74, 6) is -0.321. The van der Waals surface area contributed by atoms with Crippen LogP contribution in [0.2, 0.25) is 0 Å². The lowest BCUT2D eigenvalue weighted by atomic mass is 10.6. The Morgan fingerprint density at radius 2 is 2.20 bits per heavy atom. The van der Waals surface area contributed by atoms with E-state index in [1.54, 1.807) is 0 Å². The largest absolute Gasteiger partial charge is 0.422 e. The van der Waals surface area contributed by atoms with Crippen molar-refractivity contribution in [2.75, 3.05) is 11.5 Å². The summed E-state index contributed by atoms with van der Waals surface area (Å²) >= 11 is 0. The number of nitrogens with zero attached hydrogens (tertiary/aromatic N) is 2. The summed E-state index contributed by atoms with van der Waals surface area (Å²) in [5.41, 5.74) is 9.47. The van der Waals surface area contributed by atoms with Crippen molar-refractivity contribution < 1.29 is 5.21 Å². The minimum atomic E-state index is -0.690. The molecule has 6 nitrogen and oxygen atoms in total. The Labute approximate surface area is 55.7 Å². The van der Waals surface area contributed by atoms with Crippen molar-refractivity contribution in [3.8, 4) is 0 Å². The Hall–Kier alpha value is -1.72. The highest BCUT2D eigenvalue weighted by atomic mass is 16.5. The summed E-state index contributed by atoms with van der Waals surface area (Å²) in [4.78, 5) is 14.0. The van der Waals surface area contributed by atoms with Crippen LogP contribution < -0.4 is 17.0 Å². The van der Waals surface area contributed by atoms with Gasteiger partial charge in [0.05, 0.1) is 0 Å². The molecule has 1 heterocycles. The molecule has 0 saturated carbocycles. The molecule has 1 rings (SSSR count). The number of hydrogen-bond acceptors (Lipinski definition) is 5. The quantitative estimate of drug-likeness (QED) is 0.388. The second-order valence-electron chi connectivity index (χ2n) is 1.69. The topological polar surface area (TPSA) is 107 Å². The second-order valence-corrected chi connectivity index (χ2v) is 1.69. The molecule has 0 aliphatic carbocycles. The van der Waals surface area contributed by atoms with Crippen LogP contribution in [0, 0.1) is 0 Å². The Balaban J connectivity index is 3.46. The Morgan fingerprint density at radius 3 is 2.70 bits per heavy atom. The first-order chi connectivity index (χ1) is 4.61. The zero-order valence-electron chi connectivity index (χ0n) is 4.98. The van der Waals surface area contributed by atoms with Crippen LogP contribution in [-0.4, -0.2) is 14.9 Å². The molecule has 0 atom stereocenters. The summed E-state index contributed by atoms with van der Waals surface area (Å²) in [5, 5.41) is 8.69. The molecule has 0 aliphatic heterocycles. The number of nitrogens with two attached hydrogens (primary N) is 2. The van der Waals surface area contributed by atoms with Gasteiger partial charge in [-0.1, -0.05) is 0 Å². The van der Waals surface area contributed by atoms with Gasteiger partial charge in [-0.15, -0.1) is 4.73 Å². The molecule has 0 bridgehead atoms. The third-order valence-corrected chi connectivity index (χ3v) is 0.941. The van der Waals surface area contributed by atoms with Gasteiger partial charge in [0, 0.05) is 6.07 Å². The first-order valence-corrected chi connectivity index (χ1v) is 2.45. The first-order valence-electron chi connectivity index (χ1n) is 2.45. The van der Waals surface area contributed by atoms with E-state index < -0.39 is 5.56 Å². The Morgan fingerprint density at radius 1 is 1.60 bits per heavy atom. The summed E-state index contributed by atoms with van der Waals surface area (Å²) in [7, 11) is 0. The molecule has 0 aliphatic rings. The molecule has 0 unspecified atom stereocenters. The minimum absolute atomic E-state index is 0.00667. The molecule has 0 radical (unpaired) electrons. The van der Waals surface area contributed by atoms with Gasteiger partial charge in [-0.25, -0.2) is 0 Å². The average Bonchev–Trinajstić information content (AvgIpc) is 1.82. The predicted molar refractivity (Wildman–Crippen MR) is 34.5 cm³/mol. The first kappa shape index (κ1) is 6.40. The van der Waals surface area contributed by atoms with Gasteiger partial charge in [0.1, 0.15) is 5.82 Å². The maximum absolute atomic E-state index is 10.6. The van der Waals surface area contributed by atoms with Gasteiger partial charge in [-0.05, 0) is 0 Å². The average molecular weight is 142 g/mol. The van der Waals surface area contributed by atoms with E-state index in [1.807, 2.05) is 0 Å². The van der Waals surface area contributed by atoms with Gasteiger partial charge in [0.25, 0.3) is 5.56 Å². The molecular weight excluding hydrogens is 136 g/mol. The van der Waals surface area contributed by atoms with Gasteiger partial charge in [-0.3, -0.25) is 4.79 Å². The highest BCUT2D eigenvalue weighted by molar-refractivity contribution is 5.32. The van der Waals surface area contributed by atoms with Crippen LogP contribution in [0.3, 0.4) is 0 Å². The van der Waals surface area contributed by atoms with Crippen molar-refractivity contribution in [3.05, 3.63) is 16.4 Å².